The average molecular weight is 244 g/mol. The molecule has 96 valence electrons. The van der Waals surface area contributed by atoms with E-state index in [1.54, 1.807) is 0 Å². The number of nitrogens with zero attached hydrogens (tertiary/aromatic N) is 2. The summed E-state index contributed by atoms with van der Waals surface area (Å²) >= 11 is 0. The predicted octanol–water partition coefficient (Wildman–Crippen LogP) is 3.06. The molecular weight excluding hydrogens is 224 g/mol. The largest absolute Gasteiger partial charge is 0.331 e. The van der Waals surface area contributed by atoms with Crippen LogP contribution in [0.5, 0.6) is 0 Å². The third-order valence-corrected chi connectivity index (χ3v) is 3.92. The summed E-state index contributed by atoms with van der Waals surface area (Å²) in [4.78, 5) is 15.4. The molecule has 18 heavy (non-hydrogen) atoms. The number of aldehydes is 1. The molecule has 2 rings (SSSR count). The zero-order valence-electron chi connectivity index (χ0n) is 11.5. The molecule has 3 nitrogen and oxygen atoms in total. The zero-order chi connectivity index (χ0) is 13.3. The molecule has 3 heteroatoms. The third kappa shape index (κ3) is 2.17. The molecule has 0 bridgehead atoms. The summed E-state index contributed by atoms with van der Waals surface area (Å²) in [5.74, 6) is 1.35. The number of imidazole rings is 1. The summed E-state index contributed by atoms with van der Waals surface area (Å²) in [6.45, 7) is 9.16. The van der Waals surface area contributed by atoms with E-state index in [4.69, 9.17) is 0 Å². The third-order valence-electron chi connectivity index (χ3n) is 3.92. The Morgan fingerprint density at radius 3 is 2.72 bits per heavy atom. The smallest absolute Gasteiger partial charge is 0.146 e. The van der Waals surface area contributed by atoms with Crippen molar-refractivity contribution < 1.29 is 4.79 Å². The maximum absolute atomic E-state index is 11.2. The van der Waals surface area contributed by atoms with Crippen molar-refractivity contribution in [1.82, 2.24) is 9.55 Å². The van der Waals surface area contributed by atoms with Gasteiger partial charge in [-0.3, -0.25) is 4.79 Å². The van der Waals surface area contributed by atoms with Crippen LogP contribution in [0.1, 0.15) is 33.0 Å². The fourth-order valence-electron chi connectivity index (χ4n) is 2.76. The van der Waals surface area contributed by atoms with Gasteiger partial charge in [0.15, 0.2) is 0 Å². The Hall–Kier alpha value is -1.64. The van der Waals surface area contributed by atoms with Gasteiger partial charge in [0.1, 0.15) is 12.1 Å². The van der Waals surface area contributed by atoms with Crippen LogP contribution in [0, 0.1) is 12.8 Å². The number of carbonyl (C=O) groups is 1. The van der Waals surface area contributed by atoms with Gasteiger partial charge in [-0.05, 0) is 49.8 Å². The molecule has 0 saturated heterocycles. The summed E-state index contributed by atoms with van der Waals surface area (Å²) in [5, 5.41) is 0. The van der Waals surface area contributed by atoms with E-state index in [-0.39, 0.29) is 0 Å². The first-order valence-corrected chi connectivity index (χ1v) is 6.37. The molecule has 0 aromatic carbocycles. The maximum atomic E-state index is 11.2. The topological polar surface area (TPSA) is 34.9 Å². The van der Waals surface area contributed by atoms with E-state index in [1.807, 2.05) is 19.3 Å². The Labute approximate surface area is 108 Å². The first kappa shape index (κ1) is 12.8. The lowest BCUT2D eigenvalue weighted by molar-refractivity contribution is -0.105. The van der Waals surface area contributed by atoms with Gasteiger partial charge in [0.25, 0.3) is 0 Å². The van der Waals surface area contributed by atoms with Gasteiger partial charge in [0.2, 0.25) is 0 Å². The number of hydrogen-bond donors (Lipinski definition) is 0. The van der Waals surface area contributed by atoms with Crippen LogP contribution in [-0.2, 0) is 11.3 Å². The van der Waals surface area contributed by atoms with Crippen LogP contribution in [0.25, 0.3) is 0 Å². The van der Waals surface area contributed by atoms with Gasteiger partial charge >= 0.3 is 0 Å². The molecular formula is C15H20N2O. The number of rotatable bonds is 3. The highest BCUT2D eigenvalue weighted by Gasteiger charge is 2.22. The van der Waals surface area contributed by atoms with Crippen molar-refractivity contribution in [3.8, 4) is 0 Å². The Morgan fingerprint density at radius 1 is 1.44 bits per heavy atom. The van der Waals surface area contributed by atoms with Crippen molar-refractivity contribution in [2.45, 2.75) is 40.7 Å². The summed E-state index contributed by atoms with van der Waals surface area (Å²) in [5.41, 5.74) is 4.78. The molecule has 1 heterocycles. The first-order chi connectivity index (χ1) is 8.54. The lowest BCUT2D eigenvalue weighted by Crippen LogP contribution is -2.16. The van der Waals surface area contributed by atoms with Gasteiger partial charge < -0.3 is 4.57 Å². The molecule has 1 aliphatic rings. The summed E-state index contributed by atoms with van der Waals surface area (Å²) < 4.78 is 2.13. The standard InChI is InChI=1S/C15H20N2O/c1-10-7-11(2)15(9-18)12(3)14(10)8-17-6-5-16-13(17)4/h5-6,9,11H,7-8H2,1-4H3. The lowest BCUT2D eigenvalue weighted by Gasteiger charge is -2.26. The Bertz CT molecular complexity index is 534. The highest BCUT2D eigenvalue weighted by atomic mass is 16.1. The Morgan fingerprint density at radius 2 is 2.17 bits per heavy atom. The molecule has 1 aromatic rings. The second-order valence-electron chi connectivity index (χ2n) is 5.16. The van der Waals surface area contributed by atoms with Gasteiger partial charge in [0.05, 0.1) is 0 Å². The van der Waals surface area contributed by atoms with Crippen LogP contribution >= 0.6 is 0 Å². The fourth-order valence-corrected chi connectivity index (χ4v) is 2.76. The Kier molecular flexibility index (Phi) is 3.50. The van der Waals surface area contributed by atoms with Crippen molar-refractivity contribution in [2.75, 3.05) is 0 Å². The van der Waals surface area contributed by atoms with Crippen molar-refractivity contribution in [3.05, 3.63) is 40.5 Å². The molecule has 0 spiro atoms. The summed E-state index contributed by atoms with van der Waals surface area (Å²) in [6.07, 6.45) is 5.81. The van der Waals surface area contributed by atoms with Crippen molar-refractivity contribution in [1.29, 1.82) is 0 Å². The maximum Gasteiger partial charge on any atom is 0.146 e. The minimum atomic E-state index is 0.343. The van der Waals surface area contributed by atoms with Gasteiger partial charge in [0, 0.05) is 18.9 Å². The molecule has 1 aliphatic carbocycles. The van der Waals surface area contributed by atoms with Gasteiger partial charge in [-0.25, -0.2) is 4.98 Å². The lowest BCUT2D eigenvalue weighted by atomic mass is 9.81. The molecule has 1 unspecified atom stereocenters. The molecule has 1 atom stereocenters. The molecule has 0 fully saturated rings. The number of carbonyl (C=O) groups excluding carboxylic acids is 1. The quantitative estimate of drug-likeness (QED) is 0.766. The molecule has 0 amide bonds. The molecule has 0 N–H and O–H groups in total. The van der Waals surface area contributed by atoms with E-state index in [2.05, 4.69) is 30.3 Å². The van der Waals surface area contributed by atoms with Crippen LogP contribution in [0.2, 0.25) is 0 Å². The van der Waals surface area contributed by atoms with Gasteiger partial charge in [-0.2, -0.15) is 0 Å². The van der Waals surface area contributed by atoms with E-state index < -0.39 is 0 Å². The van der Waals surface area contributed by atoms with Crippen molar-refractivity contribution in [3.63, 3.8) is 0 Å². The minimum Gasteiger partial charge on any atom is -0.331 e. The van der Waals surface area contributed by atoms with E-state index in [1.165, 1.54) is 11.1 Å². The van der Waals surface area contributed by atoms with Crippen LogP contribution in [-0.4, -0.2) is 15.8 Å². The summed E-state index contributed by atoms with van der Waals surface area (Å²) in [7, 11) is 0. The fraction of sp³-hybridized carbons (Fsp3) is 0.467. The van der Waals surface area contributed by atoms with Crippen LogP contribution in [0.3, 0.4) is 0 Å². The highest BCUT2D eigenvalue weighted by molar-refractivity contribution is 5.78. The predicted molar refractivity (Wildman–Crippen MR) is 72.2 cm³/mol. The normalized spacial score (nSPS) is 20.6. The second kappa shape index (κ2) is 4.92. The SMILES string of the molecule is CC1=C(Cn2ccnc2C)C(C)=C(C=O)C(C)C1. The zero-order valence-corrected chi connectivity index (χ0v) is 11.5. The van der Waals surface area contributed by atoms with Crippen LogP contribution in [0.15, 0.2) is 34.7 Å². The van der Waals surface area contributed by atoms with Crippen LogP contribution in [0.4, 0.5) is 0 Å². The average Bonchev–Trinajstić information content (AvgIpc) is 2.70. The van der Waals surface area contributed by atoms with Crippen LogP contribution < -0.4 is 0 Å². The first-order valence-electron chi connectivity index (χ1n) is 6.37. The monoisotopic (exact) mass is 244 g/mol. The number of hydrogen-bond acceptors (Lipinski definition) is 2. The number of allylic oxidation sites excluding steroid dienone is 4. The van der Waals surface area contributed by atoms with Crippen molar-refractivity contribution in [2.24, 2.45) is 5.92 Å². The van der Waals surface area contributed by atoms with E-state index in [9.17, 15) is 4.79 Å². The minimum absolute atomic E-state index is 0.343. The van der Waals surface area contributed by atoms with E-state index in [0.717, 1.165) is 36.2 Å². The van der Waals surface area contributed by atoms with Gasteiger partial charge in [-0.1, -0.05) is 12.5 Å². The van der Waals surface area contributed by atoms with Gasteiger partial charge in [-0.15, -0.1) is 0 Å². The van der Waals surface area contributed by atoms with E-state index in [0.29, 0.717) is 5.92 Å². The summed E-state index contributed by atoms with van der Waals surface area (Å²) in [6, 6.07) is 0. The Balaban J connectivity index is 2.37. The molecule has 0 radical (unpaired) electrons. The number of aryl methyl sites for hydroxylation is 1. The van der Waals surface area contributed by atoms with E-state index >= 15 is 0 Å². The molecule has 0 saturated carbocycles. The second-order valence-corrected chi connectivity index (χ2v) is 5.16. The molecule has 1 aromatic heterocycles. The number of aromatic nitrogens is 2. The highest BCUT2D eigenvalue weighted by Crippen LogP contribution is 2.34. The van der Waals surface area contributed by atoms with Crippen molar-refractivity contribution >= 4 is 6.29 Å². The molecule has 0 aliphatic heterocycles.